The first kappa shape index (κ1) is 17.4. The average molecular weight is 378 g/mol. The fourth-order valence-corrected chi connectivity index (χ4v) is 4.68. The van der Waals surface area contributed by atoms with E-state index in [1.54, 1.807) is 11.0 Å². The third-order valence-corrected chi connectivity index (χ3v) is 6.17. The first-order chi connectivity index (χ1) is 13.7. The SMILES string of the molecule is Cc1cc2ncnc(NC3CCC(n4nc5c(cc4=O)CCCC5)CC3)c2[nH]1. The highest BCUT2D eigenvalue weighted by atomic mass is 16.1. The molecule has 5 rings (SSSR count). The molecule has 0 radical (unpaired) electrons. The van der Waals surface area contributed by atoms with Gasteiger partial charge in [0.1, 0.15) is 11.8 Å². The Hall–Kier alpha value is -2.70. The van der Waals surface area contributed by atoms with Crippen LogP contribution in [0.25, 0.3) is 11.0 Å². The van der Waals surface area contributed by atoms with E-state index in [4.69, 9.17) is 5.10 Å². The lowest BCUT2D eigenvalue weighted by Crippen LogP contribution is -2.34. The smallest absolute Gasteiger partial charge is 0.267 e. The van der Waals surface area contributed by atoms with E-state index in [2.05, 4.69) is 20.3 Å². The predicted octanol–water partition coefficient (Wildman–Crippen LogP) is 3.30. The quantitative estimate of drug-likeness (QED) is 0.730. The Labute approximate surface area is 163 Å². The van der Waals surface area contributed by atoms with E-state index in [9.17, 15) is 4.79 Å². The number of nitrogens with zero attached hydrogens (tertiary/aromatic N) is 4. The number of H-pyrrole nitrogens is 1. The molecule has 0 amide bonds. The van der Waals surface area contributed by atoms with Crippen LogP contribution in [0, 0.1) is 6.92 Å². The van der Waals surface area contributed by atoms with E-state index in [1.165, 1.54) is 12.8 Å². The van der Waals surface area contributed by atoms with E-state index < -0.39 is 0 Å². The van der Waals surface area contributed by atoms with Gasteiger partial charge in [-0.1, -0.05) is 0 Å². The topological polar surface area (TPSA) is 88.5 Å². The lowest BCUT2D eigenvalue weighted by Gasteiger charge is -2.30. The Morgan fingerprint density at radius 2 is 1.93 bits per heavy atom. The second-order valence-corrected chi connectivity index (χ2v) is 8.19. The van der Waals surface area contributed by atoms with Crippen LogP contribution in [0.15, 0.2) is 23.3 Å². The van der Waals surface area contributed by atoms with Crippen molar-refractivity contribution in [2.24, 2.45) is 0 Å². The number of hydrogen-bond donors (Lipinski definition) is 2. The third-order valence-electron chi connectivity index (χ3n) is 6.17. The summed E-state index contributed by atoms with van der Waals surface area (Å²) in [7, 11) is 0. The minimum absolute atomic E-state index is 0.0661. The van der Waals surface area contributed by atoms with Crippen LogP contribution < -0.4 is 10.9 Å². The number of hydrogen-bond acceptors (Lipinski definition) is 5. The Morgan fingerprint density at radius 1 is 1.11 bits per heavy atom. The summed E-state index contributed by atoms with van der Waals surface area (Å²) in [6.45, 7) is 2.03. The first-order valence-electron chi connectivity index (χ1n) is 10.4. The molecule has 0 saturated heterocycles. The van der Waals surface area contributed by atoms with Gasteiger partial charge in [0.15, 0.2) is 5.82 Å². The van der Waals surface area contributed by atoms with E-state index in [0.717, 1.165) is 72.3 Å². The molecule has 0 spiro atoms. The van der Waals surface area contributed by atoms with Gasteiger partial charge in [0.05, 0.1) is 17.3 Å². The van der Waals surface area contributed by atoms with Gasteiger partial charge in [0, 0.05) is 17.8 Å². The predicted molar refractivity (Wildman–Crippen MR) is 109 cm³/mol. The van der Waals surface area contributed by atoms with Gasteiger partial charge in [0.2, 0.25) is 0 Å². The van der Waals surface area contributed by atoms with Gasteiger partial charge < -0.3 is 10.3 Å². The molecule has 7 heteroatoms. The first-order valence-corrected chi connectivity index (χ1v) is 10.4. The third kappa shape index (κ3) is 3.19. The summed E-state index contributed by atoms with van der Waals surface area (Å²) in [6, 6.07) is 4.42. The normalized spacial score (nSPS) is 22.2. The molecule has 7 nitrogen and oxygen atoms in total. The monoisotopic (exact) mass is 378 g/mol. The molecule has 3 heterocycles. The molecule has 28 heavy (non-hydrogen) atoms. The van der Waals surface area contributed by atoms with Gasteiger partial charge in [-0.05, 0) is 69.9 Å². The number of aromatic nitrogens is 5. The molecular formula is C21H26N6O. The van der Waals surface area contributed by atoms with Crippen molar-refractivity contribution in [2.75, 3.05) is 5.32 Å². The summed E-state index contributed by atoms with van der Waals surface area (Å²) in [5.41, 5.74) is 5.35. The maximum atomic E-state index is 12.6. The van der Waals surface area contributed by atoms with E-state index in [1.807, 2.05) is 19.1 Å². The van der Waals surface area contributed by atoms with Crippen LogP contribution in [0.4, 0.5) is 5.82 Å². The molecule has 0 bridgehead atoms. The lowest BCUT2D eigenvalue weighted by molar-refractivity contribution is 0.300. The fourth-order valence-electron chi connectivity index (χ4n) is 4.68. The second kappa shape index (κ2) is 7.04. The molecule has 0 aromatic carbocycles. The van der Waals surface area contributed by atoms with Gasteiger partial charge in [-0.3, -0.25) is 4.79 Å². The highest BCUT2D eigenvalue weighted by molar-refractivity contribution is 5.86. The molecule has 1 fully saturated rings. The number of aromatic amines is 1. The number of anilines is 1. The van der Waals surface area contributed by atoms with Crippen LogP contribution >= 0.6 is 0 Å². The summed E-state index contributed by atoms with van der Waals surface area (Å²) in [4.78, 5) is 24.7. The minimum atomic E-state index is 0.0661. The summed E-state index contributed by atoms with van der Waals surface area (Å²) in [5.74, 6) is 0.866. The molecular weight excluding hydrogens is 352 g/mol. The van der Waals surface area contributed by atoms with Gasteiger partial charge in [-0.15, -0.1) is 0 Å². The fraction of sp³-hybridized carbons (Fsp3) is 0.524. The molecule has 3 aromatic rings. The van der Waals surface area contributed by atoms with Crippen molar-refractivity contribution in [3.05, 3.63) is 45.8 Å². The van der Waals surface area contributed by atoms with Crippen LogP contribution in [0.1, 0.15) is 61.5 Å². The van der Waals surface area contributed by atoms with E-state index >= 15 is 0 Å². The van der Waals surface area contributed by atoms with Crippen molar-refractivity contribution in [1.29, 1.82) is 0 Å². The van der Waals surface area contributed by atoms with Gasteiger partial charge >= 0.3 is 0 Å². The molecule has 2 N–H and O–H groups in total. The molecule has 1 saturated carbocycles. The zero-order valence-corrected chi connectivity index (χ0v) is 16.2. The van der Waals surface area contributed by atoms with Gasteiger partial charge in [0.25, 0.3) is 5.56 Å². The highest BCUT2D eigenvalue weighted by Crippen LogP contribution is 2.30. The molecule has 0 aliphatic heterocycles. The molecule has 2 aliphatic carbocycles. The van der Waals surface area contributed by atoms with E-state index in [0.29, 0.717) is 6.04 Å². The Bertz CT molecular complexity index is 1060. The van der Waals surface area contributed by atoms with Crippen molar-refractivity contribution >= 4 is 16.9 Å². The summed E-state index contributed by atoms with van der Waals surface area (Å²) in [5, 5.41) is 8.33. The molecule has 146 valence electrons. The van der Waals surface area contributed by atoms with Crippen molar-refractivity contribution in [1.82, 2.24) is 24.7 Å². The van der Waals surface area contributed by atoms with Crippen LogP contribution in [-0.4, -0.2) is 30.8 Å². The number of nitrogens with one attached hydrogen (secondary N) is 2. The average Bonchev–Trinajstić information content (AvgIpc) is 3.09. The Balaban J connectivity index is 1.29. The summed E-state index contributed by atoms with van der Waals surface area (Å²) >= 11 is 0. The van der Waals surface area contributed by atoms with Crippen LogP contribution in [0.2, 0.25) is 0 Å². The largest absolute Gasteiger partial charge is 0.365 e. The zero-order valence-electron chi connectivity index (χ0n) is 16.2. The Kier molecular flexibility index (Phi) is 4.37. The van der Waals surface area contributed by atoms with Crippen molar-refractivity contribution in [2.45, 2.75) is 70.4 Å². The number of aryl methyl sites for hydroxylation is 3. The van der Waals surface area contributed by atoms with Crippen molar-refractivity contribution in [3.63, 3.8) is 0 Å². The van der Waals surface area contributed by atoms with Crippen molar-refractivity contribution in [3.8, 4) is 0 Å². The van der Waals surface area contributed by atoms with E-state index in [-0.39, 0.29) is 11.6 Å². The van der Waals surface area contributed by atoms with Crippen molar-refractivity contribution < 1.29 is 0 Å². The maximum absolute atomic E-state index is 12.6. The Morgan fingerprint density at radius 3 is 2.79 bits per heavy atom. The molecule has 0 unspecified atom stereocenters. The second-order valence-electron chi connectivity index (χ2n) is 8.19. The zero-order chi connectivity index (χ0) is 19.1. The van der Waals surface area contributed by atoms with Gasteiger partial charge in [-0.25, -0.2) is 14.6 Å². The van der Waals surface area contributed by atoms with Crippen LogP contribution in [0.5, 0.6) is 0 Å². The summed E-state index contributed by atoms with van der Waals surface area (Å²) < 4.78 is 1.76. The number of rotatable bonds is 3. The lowest BCUT2D eigenvalue weighted by atomic mass is 9.91. The highest BCUT2D eigenvalue weighted by Gasteiger charge is 2.25. The van der Waals surface area contributed by atoms with Gasteiger partial charge in [-0.2, -0.15) is 5.10 Å². The standard InChI is InChI=1S/C21H26N6O/c1-13-10-18-20(24-13)21(23-12-22-18)25-15-6-8-16(9-7-15)27-19(28)11-14-4-2-3-5-17(14)26-27/h10-12,15-16,24H,2-9H2,1H3,(H,22,23,25). The minimum Gasteiger partial charge on any atom is -0.365 e. The molecule has 0 atom stereocenters. The molecule has 2 aliphatic rings. The summed E-state index contributed by atoms with van der Waals surface area (Å²) in [6.07, 6.45) is 9.89. The van der Waals surface area contributed by atoms with Crippen LogP contribution in [-0.2, 0) is 12.8 Å². The molecule has 3 aromatic heterocycles. The number of fused-ring (bicyclic) bond motifs is 2. The van der Waals surface area contributed by atoms with Crippen LogP contribution in [0.3, 0.4) is 0 Å². The maximum Gasteiger partial charge on any atom is 0.267 e.